The van der Waals surface area contributed by atoms with Crippen LogP contribution in [0.3, 0.4) is 0 Å². The normalized spacial score (nSPS) is 15.2. The van der Waals surface area contributed by atoms with E-state index < -0.39 is 0 Å². The number of H-pyrrole nitrogens is 1. The molecule has 32 heavy (non-hydrogen) atoms. The number of benzene rings is 1. The van der Waals surface area contributed by atoms with Gasteiger partial charge in [-0.2, -0.15) is 5.10 Å². The van der Waals surface area contributed by atoms with Gasteiger partial charge >= 0.3 is 0 Å². The molecule has 0 aliphatic carbocycles. The molecule has 9 heteroatoms. The summed E-state index contributed by atoms with van der Waals surface area (Å²) in [5.41, 5.74) is 3.37. The molecule has 0 bridgehead atoms. The second kappa shape index (κ2) is 8.94. The second-order valence-electron chi connectivity index (χ2n) is 7.56. The minimum Gasteiger partial charge on any atom is -0.486 e. The predicted molar refractivity (Wildman–Crippen MR) is 126 cm³/mol. The minimum absolute atomic E-state index is 0.347. The van der Waals surface area contributed by atoms with Gasteiger partial charge in [-0.15, -0.1) is 0 Å². The molecule has 3 aromatic heterocycles. The fraction of sp³-hybridized carbons (Fsp3) is 0.261. The molecule has 0 spiro atoms. The number of halogens is 2. The summed E-state index contributed by atoms with van der Waals surface area (Å²) in [6, 6.07) is 9.86. The van der Waals surface area contributed by atoms with E-state index in [9.17, 15) is 0 Å². The van der Waals surface area contributed by atoms with Crippen LogP contribution in [0.15, 0.2) is 48.9 Å². The number of morpholine rings is 1. The molecule has 1 aliphatic rings. The van der Waals surface area contributed by atoms with E-state index in [0.717, 1.165) is 54.3 Å². The molecule has 4 aromatic rings. The van der Waals surface area contributed by atoms with E-state index in [1.807, 2.05) is 43.5 Å². The van der Waals surface area contributed by atoms with Gasteiger partial charge in [0, 0.05) is 48.2 Å². The molecule has 1 fully saturated rings. The zero-order chi connectivity index (χ0) is 22.1. The topological polar surface area (TPSA) is 76.2 Å². The van der Waals surface area contributed by atoms with Crippen molar-refractivity contribution in [2.75, 3.05) is 31.2 Å². The molecule has 1 N–H and O–H groups in total. The lowest BCUT2D eigenvalue weighted by Gasteiger charge is -2.27. The molecule has 164 valence electrons. The van der Waals surface area contributed by atoms with Gasteiger partial charge in [0.2, 0.25) is 0 Å². The van der Waals surface area contributed by atoms with Crippen molar-refractivity contribution in [1.82, 2.24) is 20.2 Å². The highest BCUT2D eigenvalue weighted by Crippen LogP contribution is 2.34. The number of aromatic amines is 1. The number of hydrogen-bond acceptors (Lipinski definition) is 6. The maximum absolute atomic E-state index is 6.28. The van der Waals surface area contributed by atoms with Gasteiger partial charge in [0.25, 0.3) is 0 Å². The summed E-state index contributed by atoms with van der Waals surface area (Å²) in [6.07, 6.45) is 4.63. The van der Waals surface area contributed by atoms with Crippen LogP contribution in [0, 0.1) is 0 Å². The summed E-state index contributed by atoms with van der Waals surface area (Å²) >= 11 is 12.6. The third kappa shape index (κ3) is 4.11. The van der Waals surface area contributed by atoms with Gasteiger partial charge in [0.15, 0.2) is 0 Å². The fourth-order valence-electron chi connectivity index (χ4n) is 3.86. The van der Waals surface area contributed by atoms with Crippen LogP contribution in [-0.4, -0.2) is 46.5 Å². The standard InChI is InChI=1S/C23H21Cl2N5O2/c1-14(22-18(24)12-26-13-19(22)25)32-16-3-4-20-17(10-16)23(29-28-20)15-2-5-21(27-11-15)30-6-8-31-9-7-30/h2-5,10-14H,6-9H2,1H3,(H,28,29)/t14-/m1/s1. The van der Waals surface area contributed by atoms with Crippen LogP contribution in [0.5, 0.6) is 5.75 Å². The number of pyridine rings is 2. The molecule has 0 amide bonds. The second-order valence-corrected chi connectivity index (χ2v) is 8.38. The first-order chi connectivity index (χ1) is 15.6. The summed E-state index contributed by atoms with van der Waals surface area (Å²) in [5.74, 6) is 1.63. The predicted octanol–water partition coefficient (Wildman–Crippen LogP) is 5.30. The fourth-order valence-corrected chi connectivity index (χ4v) is 4.54. The Labute approximate surface area is 195 Å². The first-order valence-corrected chi connectivity index (χ1v) is 11.1. The highest BCUT2D eigenvalue weighted by molar-refractivity contribution is 6.35. The van der Waals surface area contributed by atoms with E-state index in [4.69, 9.17) is 32.7 Å². The van der Waals surface area contributed by atoms with Crippen molar-refractivity contribution in [3.05, 3.63) is 64.5 Å². The van der Waals surface area contributed by atoms with Gasteiger partial charge < -0.3 is 14.4 Å². The maximum Gasteiger partial charge on any atom is 0.128 e. The van der Waals surface area contributed by atoms with Crippen molar-refractivity contribution in [2.24, 2.45) is 0 Å². The van der Waals surface area contributed by atoms with E-state index in [0.29, 0.717) is 21.4 Å². The molecule has 1 aromatic carbocycles. The number of hydrogen-bond donors (Lipinski definition) is 1. The molecule has 5 rings (SSSR count). The summed E-state index contributed by atoms with van der Waals surface area (Å²) in [7, 11) is 0. The van der Waals surface area contributed by atoms with Gasteiger partial charge in [-0.1, -0.05) is 23.2 Å². The van der Waals surface area contributed by atoms with Gasteiger partial charge in [0.05, 0.1) is 28.8 Å². The largest absolute Gasteiger partial charge is 0.486 e. The zero-order valence-corrected chi connectivity index (χ0v) is 18.9. The van der Waals surface area contributed by atoms with Crippen LogP contribution in [-0.2, 0) is 4.74 Å². The van der Waals surface area contributed by atoms with E-state index in [-0.39, 0.29) is 6.10 Å². The van der Waals surface area contributed by atoms with Gasteiger partial charge in [-0.25, -0.2) is 4.98 Å². The Hall–Kier alpha value is -2.87. The Bertz CT molecular complexity index is 1220. The van der Waals surface area contributed by atoms with Crippen molar-refractivity contribution >= 4 is 39.9 Å². The molecule has 0 radical (unpaired) electrons. The Morgan fingerprint density at radius 3 is 2.56 bits per heavy atom. The Kier molecular flexibility index (Phi) is 5.87. The van der Waals surface area contributed by atoms with Crippen LogP contribution in [0.25, 0.3) is 22.2 Å². The Morgan fingerprint density at radius 1 is 1.06 bits per heavy atom. The molecule has 1 aliphatic heterocycles. The molecule has 0 unspecified atom stereocenters. The van der Waals surface area contributed by atoms with E-state index in [2.05, 4.69) is 25.1 Å². The van der Waals surface area contributed by atoms with Crippen molar-refractivity contribution < 1.29 is 9.47 Å². The smallest absolute Gasteiger partial charge is 0.128 e. The Balaban J connectivity index is 1.41. The number of rotatable bonds is 5. The summed E-state index contributed by atoms with van der Waals surface area (Å²) in [6.45, 7) is 5.06. The maximum atomic E-state index is 6.28. The summed E-state index contributed by atoms with van der Waals surface area (Å²) in [4.78, 5) is 10.9. The molecular weight excluding hydrogens is 449 g/mol. The highest BCUT2D eigenvalue weighted by Gasteiger charge is 2.18. The number of nitrogens with one attached hydrogen (secondary N) is 1. The van der Waals surface area contributed by atoms with E-state index in [1.165, 1.54) is 0 Å². The number of nitrogens with zero attached hydrogens (tertiary/aromatic N) is 4. The van der Waals surface area contributed by atoms with Gasteiger partial charge in [-0.05, 0) is 37.3 Å². The first-order valence-electron chi connectivity index (χ1n) is 10.3. The Morgan fingerprint density at radius 2 is 1.84 bits per heavy atom. The first kappa shape index (κ1) is 21.0. The number of ether oxygens (including phenoxy) is 2. The molecule has 7 nitrogen and oxygen atoms in total. The number of fused-ring (bicyclic) bond motifs is 1. The highest BCUT2D eigenvalue weighted by atomic mass is 35.5. The monoisotopic (exact) mass is 469 g/mol. The van der Waals surface area contributed by atoms with E-state index >= 15 is 0 Å². The quantitative estimate of drug-likeness (QED) is 0.427. The van der Waals surface area contributed by atoms with Crippen molar-refractivity contribution in [1.29, 1.82) is 0 Å². The van der Waals surface area contributed by atoms with Crippen molar-refractivity contribution in [3.63, 3.8) is 0 Å². The van der Waals surface area contributed by atoms with Crippen LogP contribution >= 0.6 is 23.2 Å². The van der Waals surface area contributed by atoms with Crippen LogP contribution in [0.2, 0.25) is 10.0 Å². The van der Waals surface area contributed by atoms with Crippen LogP contribution in [0.1, 0.15) is 18.6 Å². The summed E-state index contributed by atoms with van der Waals surface area (Å²) in [5, 5.41) is 9.49. The number of aromatic nitrogens is 4. The van der Waals surface area contributed by atoms with Crippen molar-refractivity contribution in [3.8, 4) is 17.0 Å². The SMILES string of the molecule is C[C@@H](Oc1ccc2[nH]nc(-c3ccc(N4CCOCC4)nc3)c2c1)c1c(Cl)cncc1Cl. The lowest BCUT2D eigenvalue weighted by molar-refractivity contribution is 0.122. The molecule has 4 heterocycles. The third-order valence-electron chi connectivity index (χ3n) is 5.50. The third-order valence-corrected chi connectivity index (χ3v) is 6.10. The van der Waals surface area contributed by atoms with Crippen LogP contribution < -0.4 is 9.64 Å². The molecule has 1 atom stereocenters. The lowest BCUT2D eigenvalue weighted by Crippen LogP contribution is -2.36. The molecular formula is C23H21Cl2N5O2. The van der Waals surface area contributed by atoms with E-state index in [1.54, 1.807) is 12.4 Å². The van der Waals surface area contributed by atoms with Crippen LogP contribution in [0.4, 0.5) is 5.82 Å². The minimum atomic E-state index is -0.347. The van der Waals surface area contributed by atoms with Crippen molar-refractivity contribution in [2.45, 2.75) is 13.0 Å². The average molecular weight is 470 g/mol. The average Bonchev–Trinajstić information content (AvgIpc) is 3.23. The summed E-state index contributed by atoms with van der Waals surface area (Å²) < 4.78 is 11.6. The number of anilines is 1. The van der Waals surface area contributed by atoms with Gasteiger partial charge in [-0.3, -0.25) is 10.1 Å². The van der Waals surface area contributed by atoms with Gasteiger partial charge in [0.1, 0.15) is 23.4 Å². The zero-order valence-electron chi connectivity index (χ0n) is 17.4. The molecule has 0 saturated carbocycles. The lowest BCUT2D eigenvalue weighted by atomic mass is 10.1. The molecule has 1 saturated heterocycles.